The van der Waals surface area contributed by atoms with Gasteiger partial charge in [-0.25, -0.2) is 8.42 Å². The molecule has 0 amide bonds. The Morgan fingerprint density at radius 3 is 2.37 bits per heavy atom. The summed E-state index contributed by atoms with van der Waals surface area (Å²) in [6.07, 6.45) is 2.93. The number of carbonyl (C=O) groups is 1. The van der Waals surface area contributed by atoms with E-state index in [9.17, 15) is 13.2 Å². The summed E-state index contributed by atoms with van der Waals surface area (Å²) in [7, 11) is -3.33. The van der Waals surface area contributed by atoms with Gasteiger partial charge in [-0.2, -0.15) is 0 Å². The SMILES string of the molecule is CSc1ccc(C(C)(C)CC(=O)O)cc1S(C)(=O)=O. The van der Waals surface area contributed by atoms with E-state index in [-0.39, 0.29) is 11.3 Å². The molecule has 0 saturated carbocycles. The van der Waals surface area contributed by atoms with Crippen LogP contribution in [0.4, 0.5) is 0 Å². The van der Waals surface area contributed by atoms with E-state index >= 15 is 0 Å². The standard InChI is InChI=1S/C13H18O4S2/c1-13(2,8-12(14)15)9-5-6-10(18-3)11(7-9)19(4,16)17/h5-7H,8H2,1-4H3,(H,14,15). The Hall–Kier alpha value is -1.01. The van der Waals surface area contributed by atoms with Crippen molar-refractivity contribution < 1.29 is 18.3 Å². The topological polar surface area (TPSA) is 71.4 Å². The van der Waals surface area contributed by atoms with Gasteiger partial charge in [-0.05, 0) is 24.0 Å². The zero-order valence-corrected chi connectivity index (χ0v) is 13.1. The minimum atomic E-state index is -3.33. The summed E-state index contributed by atoms with van der Waals surface area (Å²) < 4.78 is 23.6. The van der Waals surface area contributed by atoms with Gasteiger partial charge in [0.05, 0.1) is 11.3 Å². The van der Waals surface area contributed by atoms with Crippen LogP contribution in [0.3, 0.4) is 0 Å². The number of aliphatic carboxylic acids is 1. The van der Waals surface area contributed by atoms with Crippen molar-refractivity contribution >= 4 is 27.6 Å². The Morgan fingerprint density at radius 2 is 1.95 bits per heavy atom. The molecule has 0 aliphatic rings. The number of hydrogen-bond donors (Lipinski definition) is 1. The van der Waals surface area contributed by atoms with Crippen molar-refractivity contribution in [1.82, 2.24) is 0 Å². The van der Waals surface area contributed by atoms with Crippen LogP contribution >= 0.6 is 11.8 Å². The van der Waals surface area contributed by atoms with Crippen LogP contribution in [0.1, 0.15) is 25.8 Å². The highest BCUT2D eigenvalue weighted by molar-refractivity contribution is 7.99. The highest BCUT2D eigenvalue weighted by Gasteiger charge is 2.26. The van der Waals surface area contributed by atoms with Crippen LogP contribution < -0.4 is 0 Å². The van der Waals surface area contributed by atoms with Crippen LogP contribution in [-0.2, 0) is 20.0 Å². The molecule has 4 nitrogen and oxygen atoms in total. The number of benzene rings is 1. The van der Waals surface area contributed by atoms with Crippen molar-refractivity contribution in [3.8, 4) is 0 Å². The maximum absolute atomic E-state index is 11.8. The van der Waals surface area contributed by atoms with Gasteiger partial charge in [0.2, 0.25) is 0 Å². The highest BCUT2D eigenvalue weighted by Crippen LogP contribution is 2.33. The van der Waals surface area contributed by atoms with Crippen LogP contribution in [0.15, 0.2) is 28.0 Å². The molecule has 1 rings (SSSR count). The smallest absolute Gasteiger partial charge is 0.304 e. The Morgan fingerprint density at radius 1 is 1.37 bits per heavy atom. The fourth-order valence-electron chi connectivity index (χ4n) is 1.87. The van der Waals surface area contributed by atoms with Crippen LogP contribution in [0.25, 0.3) is 0 Å². The summed E-state index contributed by atoms with van der Waals surface area (Å²) in [6, 6.07) is 5.12. The van der Waals surface area contributed by atoms with Gasteiger partial charge >= 0.3 is 5.97 Å². The van der Waals surface area contributed by atoms with Gasteiger partial charge in [0, 0.05) is 16.6 Å². The molecule has 0 bridgehead atoms. The number of hydrogen-bond acceptors (Lipinski definition) is 4. The van der Waals surface area contributed by atoms with Gasteiger partial charge < -0.3 is 5.11 Å². The molecular formula is C13H18O4S2. The minimum Gasteiger partial charge on any atom is -0.481 e. The van der Waals surface area contributed by atoms with Crippen LogP contribution in [0, 0.1) is 0 Å². The van der Waals surface area contributed by atoms with Crippen molar-refractivity contribution in [2.24, 2.45) is 0 Å². The van der Waals surface area contributed by atoms with E-state index in [0.29, 0.717) is 10.5 Å². The molecule has 0 radical (unpaired) electrons. The summed E-state index contributed by atoms with van der Waals surface area (Å²) in [5.41, 5.74) is 0.107. The van der Waals surface area contributed by atoms with E-state index < -0.39 is 21.2 Å². The van der Waals surface area contributed by atoms with Gasteiger partial charge in [-0.15, -0.1) is 11.8 Å². The molecule has 0 atom stereocenters. The van der Waals surface area contributed by atoms with Gasteiger partial charge in [-0.1, -0.05) is 19.9 Å². The summed E-state index contributed by atoms with van der Waals surface area (Å²) >= 11 is 1.36. The monoisotopic (exact) mass is 302 g/mol. The van der Waals surface area contributed by atoms with Gasteiger partial charge in [0.1, 0.15) is 0 Å². The van der Waals surface area contributed by atoms with E-state index in [1.807, 2.05) is 6.26 Å². The fraction of sp³-hybridized carbons (Fsp3) is 0.462. The summed E-state index contributed by atoms with van der Waals surface area (Å²) in [6.45, 7) is 3.59. The van der Waals surface area contributed by atoms with Crippen molar-refractivity contribution in [2.45, 2.75) is 35.5 Å². The average Bonchev–Trinajstić information content (AvgIpc) is 2.25. The largest absolute Gasteiger partial charge is 0.481 e. The number of thioether (sulfide) groups is 1. The van der Waals surface area contributed by atoms with E-state index in [1.165, 1.54) is 11.8 Å². The fourth-order valence-corrected chi connectivity index (χ4v) is 3.81. The maximum Gasteiger partial charge on any atom is 0.304 e. The molecule has 0 aromatic heterocycles. The zero-order chi connectivity index (χ0) is 14.8. The predicted octanol–water partition coefficient (Wildman–Crippen LogP) is 2.56. The molecule has 0 unspecified atom stereocenters. The van der Waals surface area contributed by atoms with E-state index in [1.54, 1.807) is 32.0 Å². The van der Waals surface area contributed by atoms with Crippen LogP contribution in [0.2, 0.25) is 0 Å². The number of sulfone groups is 1. The molecule has 106 valence electrons. The molecular weight excluding hydrogens is 284 g/mol. The molecule has 1 N–H and O–H groups in total. The second-order valence-electron chi connectivity index (χ2n) is 5.09. The Kier molecular flexibility index (Phi) is 4.68. The van der Waals surface area contributed by atoms with Crippen molar-refractivity contribution in [3.63, 3.8) is 0 Å². The van der Waals surface area contributed by atoms with Crippen molar-refractivity contribution in [3.05, 3.63) is 23.8 Å². The van der Waals surface area contributed by atoms with Gasteiger partial charge in [0.15, 0.2) is 9.84 Å². The predicted molar refractivity (Wildman–Crippen MR) is 76.6 cm³/mol. The second kappa shape index (κ2) is 5.54. The van der Waals surface area contributed by atoms with Crippen molar-refractivity contribution in [1.29, 1.82) is 0 Å². The lowest BCUT2D eigenvalue weighted by molar-refractivity contribution is -0.138. The lowest BCUT2D eigenvalue weighted by Gasteiger charge is -2.24. The highest BCUT2D eigenvalue weighted by atomic mass is 32.2. The molecule has 0 aliphatic carbocycles. The number of carboxylic acid groups (broad SMARTS) is 1. The van der Waals surface area contributed by atoms with Crippen LogP contribution in [0.5, 0.6) is 0 Å². The summed E-state index contributed by atoms with van der Waals surface area (Å²) in [5, 5.41) is 8.92. The molecule has 19 heavy (non-hydrogen) atoms. The third-order valence-electron chi connectivity index (χ3n) is 2.94. The Bertz CT molecular complexity index is 589. The third kappa shape index (κ3) is 3.98. The minimum absolute atomic E-state index is 0.0468. The maximum atomic E-state index is 11.8. The summed E-state index contributed by atoms with van der Waals surface area (Å²) in [4.78, 5) is 11.8. The number of carboxylic acids is 1. The molecule has 6 heteroatoms. The molecule has 0 heterocycles. The first-order valence-corrected chi connectivity index (χ1v) is 8.80. The molecule has 0 saturated heterocycles. The first-order valence-electron chi connectivity index (χ1n) is 5.68. The average molecular weight is 302 g/mol. The van der Waals surface area contributed by atoms with Crippen molar-refractivity contribution in [2.75, 3.05) is 12.5 Å². The van der Waals surface area contributed by atoms with Gasteiger partial charge in [0.25, 0.3) is 0 Å². The number of rotatable bonds is 5. The zero-order valence-electron chi connectivity index (χ0n) is 11.4. The quantitative estimate of drug-likeness (QED) is 0.846. The normalized spacial score (nSPS) is 12.4. The first kappa shape index (κ1) is 16.0. The van der Waals surface area contributed by atoms with Crippen LogP contribution in [-0.4, -0.2) is 32.0 Å². The first-order chi connectivity index (χ1) is 8.58. The van der Waals surface area contributed by atoms with E-state index in [4.69, 9.17) is 5.11 Å². The molecule has 0 fully saturated rings. The van der Waals surface area contributed by atoms with E-state index in [2.05, 4.69) is 0 Å². The van der Waals surface area contributed by atoms with Gasteiger partial charge in [-0.3, -0.25) is 4.79 Å². The Balaban J connectivity index is 3.37. The third-order valence-corrected chi connectivity index (χ3v) is 5.00. The summed E-state index contributed by atoms with van der Waals surface area (Å²) in [5.74, 6) is -0.903. The van der Waals surface area contributed by atoms with E-state index in [0.717, 1.165) is 6.26 Å². The lowest BCUT2D eigenvalue weighted by Crippen LogP contribution is -2.22. The molecule has 0 spiro atoms. The molecule has 1 aromatic rings. The lowest BCUT2D eigenvalue weighted by atomic mass is 9.82. The molecule has 1 aromatic carbocycles. The Labute approximate surface area is 118 Å². The molecule has 0 aliphatic heterocycles. The second-order valence-corrected chi connectivity index (χ2v) is 7.92.